The van der Waals surface area contributed by atoms with Gasteiger partial charge in [0.05, 0.1) is 18.7 Å². The van der Waals surface area contributed by atoms with E-state index >= 15 is 0 Å². The van der Waals surface area contributed by atoms with E-state index in [1.807, 2.05) is 48.7 Å². The molecule has 0 radical (unpaired) electrons. The van der Waals surface area contributed by atoms with E-state index in [1.165, 1.54) is 5.56 Å². The number of H-pyrrole nitrogens is 1. The summed E-state index contributed by atoms with van der Waals surface area (Å²) in [7, 11) is 0. The third-order valence-electron chi connectivity index (χ3n) is 4.07. The van der Waals surface area contributed by atoms with Gasteiger partial charge in [-0.25, -0.2) is 0 Å². The topological polar surface area (TPSA) is 48.0 Å². The van der Waals surface area contributed by atoms with Crippen LogP contribution in [0, 0.1) is 0 Å². The van der Waals surface area contributed by atoms with Gasteiger partial charge >= 0.3 is 0 Å². The van der Waals surface area contributed by atoms with E-state index in [4.69, 9.17) is 0 Å². The van der Waals surface area contributed by atoms with E-state index in [9.17, 15) is 5.11 Å². The molecule has 0 amide bonds. The monoisotopic (exact) mass is 306 g/mol. The van der Waals surface area contributed by atoms with Gasteiger partial charge in [-0.1, -0.05) is 60.7 Å². The Morgan fingerprint density at radius 2 is 1.52 bits per heavy atom. The zero-order valence-corrected chi connectivity index (χ0v) is 13.0. The summed E-state index contributed by atoms with van der Waals surface area (Å²) in [4.78, 5) is 3.29. The summed E-state index contributed by atoms with van der Waals surface area (Å²) in [6.45, 7) is 0.0655. The molecule has 0 aliphatic carbocycles. The van der Waals surface area contributed by atoms with Crippen LogP contribution in [0.1, 0.15) is 28.9 Å². The molecular formula is C20H22N2O. The SMILES string of the molecule is OC[C@@H](N[C@@H](Cc1ccccc1)c1ccc[nH]1)c1ccccc1. The van der Waals surface area contributed by atoms with Crippen LogP contribution >= 0.6 is 0 Å². The fraction of sp³-hybridized carbons (Fsp3) is 0.200. The average molecular weight is 306 g/mol. The van der Waals surface area contributed by atoms with Crippen LogP contribution < -0.4 is 5.32 Å². The molecule has 3 heteroatoms. The van der Waals surface area contributed by atoms with Crippen LogP contribution in [0.4, 0.5) is 0 Å². The molecule has 118 valence electrons. The first-order valence-electron chi connectivity index (χ1n) is 7.96. The van der Waals surface area contributed by atoms with Crippen LogP contribution in [-0.2, 0) is 6.42 Å². The molecule has 0 fully saturated rings. The fourth-order valence-electron chi connectivity index (χ4n) is 2.85. The van der Waals surface area contributed by atoms with E-state index in [-0.39, 0.29) is 18.7 Å². The van der Waals surface area contributed by atoms with Crippen molar-refractivity contribution in [3.8, 4) is 0 Å². The van der Waals surface area contributed by atoms with Crippen molar-refractivity contribution in [3.05, 3.63) is 95.8 Å². The van der Waals surface area contributed by atoms with Gasteiger partial charge in [-0.2, -0.15) is 0 Å². The van der Waals surface area contributed by atoms with Crippen molar-refractivity contribution in [1.82, 2.24) is 10.3 Å². The molecule has 0 spiro atoms. The van der Waals surface area contributed by atoms with Gasteiger partial charge in [-0.05, 0) is 29.7 Å². The minimum atomic E-state index is -0.0896. The van der Waals surface area contributed by atoms with Gasteiger partial charge in [0, 0.05) is 11.9 Å². The summed E-state index contributed by atoms with van der Waals surface area (Å²) >= 11 is 0. The number of aliphatic hydroxyl groups is 1. The molecule has 2 atom stereocenters. The van der Waals surface area contributed by atoms with Crippen molar-refractivity contribution in [3.63, 3.8) is 0 Å². The van der Waals surface area contributed by atoms with Gasteiger partial charge in [0.2, 0.25) is 0 Å². The van der Waals surface area contributed by atoms with Crippen LogP contribution in [-0.4, -0.2) is 16.7 Å². The molecule has 0 aliphatic heterocycles. The average Bonchev–Trinajstić information content (AvgIpc) is 3.15. The van der Waals surface area contributed by atoms with Gasteiger partial charge in [0.25, 0.3) is 0 Å². The molecule has 0 bridgehead atoms. The molecule has 3 rings (SSSR count). The summed E-state index contributed by atoms with van der Waals surface area (Å²) in [6, 6.07) is 24.6. The molecule has 0 saturated heterocycles. The lowest BCUT2D eigenvalue weighted by Crippen LogP contribution is -2.30. The van der Waals surface area contributed by atoms with E-state index < -0.39 is 0 Å². The van der Waals surface area contributed by atoms with E-state index in [0.717, 1.165) is 17.7 Å². The number of benzene rings is 2. The Bertz CT molecular complexity index is 680. The standard InChI is InChI=1S/C20H22N2O/c23-15-20(17-10-5-2-6-11-17)22-19(18-12-7-13-21-18)14-16-8-3-1-4-9-16/h1-13,19-23H,14-15H2/t19-,20+/m0/s1. The van der Waals surface area contributed by atoms with Crippen molar-refractivity contribution in [2.75, 3.05) is 6.61 Å². The first kappa shape index (κ1) is 15.5. The van der Waals surface area contributed by atoms with Gasteiger partial charge < -0.3 is 10.1 Å². The normalized spacial score (nSPS) is 13.6. The Balaban J connectivity index is 1.81. The summed E-state index contributed by atoms with van der Waals surface area (Å²) in [5.74, 6) is 0. The second-order valence-corrected chi connectivity index (χ2v) is 5.68. The molecule has 1 heterocycles. The number of rotatable bonds is 7. The van der Waals surface area contributed by atoms with Crippen molar-refractivity contribution < 1.29 is 5.11 Å². The minimum Gasteiger partial charge on any atom is -0.394 e. The quantitative estimate of drug-likeness (QED) is 0.624. The van der Waals surface area contributed by atoms with Crippen molar-refractivity contribution in [1.29, 1.82) is 0 Å². The van der Waals surface area contributed by atoms with Crippen LogP contribution in [0.15, 0.2) is 79.0 Å². The van der Waals surface area contributed by atoms with Gasteiger partial charge in [-0.3, -0.25) is 5.32 Å². The molecule has 3 aromatic rings. The lowest BCUT2D eigenvalue weighted by atomic mass is 10.0. The molecule has 0 saturated carbocycles. The fourth-order valence-corrected chi connectivity index (χ4v) is 2.85. The van der Waals surface area contributed by atoms with Crippen LogP contribution in [0.5, 0.6) is 0 Å². The lowest BCUT2D eigenvalue weighted by molar-refractivity contribution is 0.232. The van der Waals surface area contributed by atoms with Gasteiger partial charge in [0.15, 0.2) is 0 Å². The largest absolute Gasteiger partial charge is 0.394 e. The highest BCUT2D eigenvalue weighted by atomic mass is 16.3. The minimum absolute atomic E-state index is 0.0655. The second-order valence-electron chi connectivity index (χ2n) is 5.68. The number of aromatic amines is 1. The smallest absolute Gasteiger partial charge is 0.0626 e. The first-order valence-corrected chi connectivity index (χ1v) is 7.96. The predicted octanol–water partition coefficient (Wildman–Crippen LogP) is 3.62. The maximum atomic E-state index is 9.82. The molecular weight excluding hydrogens is 284 g/mol. The Labute approximate surface area is 137 Å². The van der Waals surface area contributed by atoms with E-state index in [0.29, 0.717) is 0 Å². The number of hydrogen-bond acceptors (Lipinski definition) is 2. The first-order chi connectivity index (χ1) is 11.4. The number of nitrogens with one attached hydrogen (secondary N) is 2. The molecule has 0 unspecified atom stereocenters. The zero-order chi connectivity index (χ0) is 15.9. The van der Waals surface area contributed by atoms with Crippen molar-refractivity contribution in [2.24, 2.45) is 0 Å². The highest BCUT2D eigenvalue weighted by Crippen LogP contribution is 2.22. The molecule has 23 heavy (non-hydrogen) atoms. The number of hydrogen-bond donors (Lipinski definition) is 3. The predicted molar refractivity (Wildman–Crippen MR) is 93.1 cm³/mol. The number of aromatic nitrogens is 1. The van der Waals surface area contributed by atoms with Crippen LogP contribution in [0.3, 0.4) is 0 Å². The lowest BCUT2D eigenvalue weighted by Gasteiger charge is -2.24. The maximum absolute atomic E-state index is 9.82. The van der Waals surface area contributed by atoms with Crippen molar-refractivity contribution in [2.45, 2.75) is 18.5 Å². The van der Waals surface area contributed by atoms with Gasteiger partial charge in [0.1, 0.15) is 0 Å². The highest BCUT2D eigenvalue weighted by molar-refractivity contribution is 5.23. The Morgan fingerprint density at radius 1 is 0.826 bits per heavy atom. The summed E-state index contributed by atoms with van der Waals surface area (Å²) in [5.41, 5.74) is 3.49. The third-order valence-corrected chi connectivity index (χ3v) is 4.07. The zero-order valence-electron chi connectivity index (χ0n) is 13.0. The Morgan fingerprint density at radius 3 is 2.13 bits per heavy atom. The molecule has 1 aromatic heterocycles. The van der Waals surface area contributed by atoms with Crippen LogP contribution in [0.25, 0.3) is 0 Å². The maximum Gasteiger partial charge on any atom is 0.0626 e. The second kappa shape index (κ2) is 7.77. The highest BCUT2D eigenvalue weighted by Gasteiger charge is 2.19. The van der Waals surface area contributed by atoms with E-state index in [2.05, 4.69) is 40.6 Å². The van der Waals surface area contributed by atoms with Crippen LogP contribution in [0.2, 0.25) is 0 Å². The van der Waals surface area contributed by atoms with E-state index in [1.54, 1.807) is 0 Å². The molecule has 3 N–H and O–H groups in total. The molecule has 3 nitrogen and oxygen atoms in total. The third kappa shape index (κ3) is 4.09. The summed E-state index contributed by atoms with van der Waals surface area (Å²) in [6.07, 6.45) is 2.80. The molecule has 0 aliphatic rings. The summed E-state index contributed by atoms with van der Waals surface area (Å²) in [5, 5.41) is 13.4. The van der Waals surface area contributed by atoms with Gasteiger partial charge in [-0.15, -0.1) is 0 Å². The molecule has 2 aromatic carbocycles. The van der Waals surface area contributed by atoms with Crippen molar-refractivity contribution >= 4 is 0 Å². The number of aliphatic hydroxyl groups excluding tert-OH is 1. The summed E-state index contributed by atoms with van der Waals surface area (Å²) < 4.78 is 0. The Kier molecular flexibility index (Phi) is 5.25. The Hall–Kier alpha value is -2.36.